The van der Waals surface area contributed by atoms with Gasteiger partial charge in [0.1, 0.15) is 0 Å². The van der Waals surface area contributed by atoms with Gasteiger partial charge >= 0.3 is 0 Å². The highest BCUT2D eigenvalue weighted by atomic mass is 35.5. The fraction of sp³-hybridized carbons (Fsp3) is 0.588. The second kappa shape index (κ2) is 8.38. The summed E-state index contributed by atoms with van der Waals surface area (Å²) in [6.07, 6.45) is 4.31. The fourth-order valence-electron chi connectivity index (χ4n) is 2.91. The van der Waals surface area contributed by atoms with Crippen LogP contribution in [0.2, 0.25) is 0 Å². The van der Waals surface area contributed by atoms with Crippen LogP contribution in [0.15, 0.2) is 18.2 Å². The number of amides is 1. The van der Waals surface area contributed by atoms with Gasteiger partial charge in [-0.25, -0.2) is 8.42 Å². The number of anilines is 1. The van der Waals surface area contributed by atoms with Gasteiger partial charge in [-0.15, -0.1) is 12.4 Å². The average Bonchev–Trinajstić information content (AvgIpc) is 2.57. The molecule has 0 spiro atoms. The van der Waals surface area contributed by atoms with Crippen molar-refractivity contribution < 1.29 is 13.2 Å². The first-order valence-corrected chi connectivity index (χ1v) is 10.2. The lowest BCUT2D eigenvalue weighted by Gasteiger charge is -2.29. The predicted molar refractivity (Wildman–Crippen MR) is 104 cm³/mol. The van der Waals surface area contributed by atoms with E-state index in [2.05, 4.69) is 5.32 Å². The standard InChI is InChI=1S/C17H27N3O3S.ClH/c1-4-17(18,5-2)12-19-16(21)14-8-9-15-13(11-14)7-6-10-20(15)24(3,22)23;/h8-9,11H,4-7,10,12,18H2,1-3H3,(H,19,21);1H. The Balaban J connectivity index is 0.00000312. The van der Waals surface area contributed by atoms with Crippen LogP contribution < -0.4 is 15.4 Å². The molecule has 1 aliphatic rings. The fourth-order valence-corrected chi connectivity index (χ4v) is 3.90. The molecule has 0 saturated heterocycles. The minimum atomic E-state index is -3.29. The Hall–Kier alpha value is -1.31. The van der Waals surface area contributed by atoms with Crippen LogP contribution >= 0.6 is 12.4 Å². The number of rotatable bonds is 6. The summed E-state index contributed by atoms with van der Waals surface area (Å²) in [4.78, 5) is 12.4. The third-order valence-corrected chi connectivity index (χ3v) is 6.01. The number of carbonyl (C=O) groups is 1. The Kier molecular flexibility index (Phi) is 7.28. The number of hydrogen-bond donors (Lipinski definition) is 2. The highest BCUT2D eigenvalue weighted by Gasteiger charge is 2.25. The maximum absolute atomic E-state index is 12.4. The van der Waals surface area contributed by atoms with Crippen molar-refractivity contribution in [3.63, 3.8) is 0 Å². The normalized spacial score (nSPS) is 14.5. The molecule has 0 atom stereocenters. The highest BCUT2D eigenvalue weighted by Crippen LogP contribution is 2.29. The number of nitrogens with two attached hydrogens (primary N) is 1. The SMILES string of the molecule is CCC(N)(CC)CNC(=O)c1ccc2c(c1)CCCN2S(C)(=O)=O.Cl. The number of benzene rings is 1. The van der Waals surface area contributed by atoms with Gasteiger partial charge in [-0.05, 0) is 49.4 Å². The van der Waals surface area contributed by atoms with Crippen molar-refractivity contribution in [1.29, 1.82) is 0 Å². The number of fused-ring (bicyclic) bond motifs is 1. The van der Waals surface area contributed by atoms with E-state index in [0.717, 1.165) is 31.2 Å². The van der Waals surface area contributed by atoms with Crippen molar-refractivity contribution in [2.24, 2.45) is 5.73 Å². The molecule has 142 valence electrons. The van der Waals surface area contributed by atoms with Gasteiger partial charge < -0.3 is 11.1 Å². The average molecular weight is 390 g/mol. The molecule has 0 saturated carbocycles. The number of nitrogens with zero attached hydrogens (tertiary/aromatic N) is 1. The number of nitrogens with one attached hydrogen (secondary N) is 1. The molecular formula is C17H28ClN3O3S. The van der Waals surface area contributed by atoms with E-state index in [9.17, 15) is 13.2 Å². The van der Waals surface area contributed by atoms with E-state index in [-0.39, 0.29) is 18.3 Å². The molecule has 0 aromatic heterocycles. The number of carbonyl (C=O) groups excluding carboxylic acids is 1. The lowest BCUT2D eigenvalue weighted by Crippen LogP contribution is -2.49. The lowest BCUT2D eigenvalue weighted by molar-refractivity contribution is 0.0942. The first-order chi connectivity index (χ1) is 11.2. The predicted octanol–water partition coefficient (Wildman–Crippen LogP) is 2.07. The molecule has 0 fully saturated rings. The maximum atomic E-state index is 12.4. The molecule has 2 rings (SSSR count). The molecule has 3 N–H and O–H groups in total. The minimum Gasteiger partial charge on any atom is -0.350 e. The Morgan fingerprint density at radius 1 is 1.32 bits per heavy atom. The third kappa shape index (κ3) is 5.09. The number of halogens is 1. The maximum Gasteiger partial charge on any atom is 0.251 e. The Labute approximate surface area is 156 Å². The van der Waals surface area contributed by atoms with Crippen molar-refractivity contribution in [3.8, 4) is 0 Å². The van der Waals surface area contributed by atoms with Crippen molar-refractivity contribution in [3.05, 3.63) is 29.3 Å². The summed E-state index contributed by atoms with van der Waals surface area (Å²) in [6, 6.07) is 5.19. The van der Waals surface area contributed by atoms with Crippen LogP contribution in [0.1, 0.15) is 49.0 Å². The van der Waals surface area contributed by atoms with Gasteiger partial charge in [0.2, 0.25) is 10.0 Å². The zero-order valence-electron chi connectivity index (χ0n) is 15.0. The van der Waals surface area contributed by atoms with Crippen LogP contribution in [-0.2, 0) is 16.4 Å². The Bertz CT molecular complexity index is 718. The molecule has 1 aromatic rings. The molecule has 6 nitrogen and oxygen atoms in total. The number of aryl methyl sites for hydroxylation is 1. The van der Waals surface area contributed by atoms with E-state index in [1.807, 2.05) is 13.8 Å². The third-order valence-electron chi connectivity index (χ3n) is 4.83. The zero-order chi connectivity index (χ0) is 18.0. The van der Waals surface area contributed by atoms with Gasteiger partial charge in [0.25, 0.3) is 5.91 Å². The smallest absolute Gasteiger partial charge is 0.251 e. The summed E-state index contributed by atoms with van der Waals surface area (Å²) in [5.74, 6) is -0.175. The Morgan fingerprint density at radius 2 is 1.96 bits per heavy atom. The first-order valence-electron chi connectivity index (χ1n) is 8.38. The van der Waals surface area contributed by atoms with E-state index >= 15 is 0 Å². The molecule has 0 aliphatic carbocycles. The van der Waals surface area contributed by atoms with Crippen molar-refractivity contribution in [2.45, 2.75) is 45.1 Å². The van der Waals surface area contributed by atoms with Gasteiger partial charge in [-0.3, -0.25) is 9.10 Å². The summed E-state index contributed by atoms with van der Waals surface area (Å²) in [5, 5.41) is 2.89. The zero-order valence-corrected chi connectivity index (χ0v) is 16.7. The summed E-state index contributed by atoms with van der Waals surface area (Å²) in [7, 11) is -3.29. The van der Waals surface area contributed by atoms with Gasteiger partial charge in [0, 0.05) is 24.2 Å². The second-order valence-corrected chi connectivity index (χ2v) is 8.44. The quantitative estimate of drug-likeness (QED) is 0.778. The van der Waals surface area contributed by atoms with Gasteiger partial charge in [-0.1, -0.05) is 13.8 Å². The van der Waals surface area contributed by atoms with Gasteiger partial charge in [0.05, 0.1) is 11.9 Å². The number of sulfonamides is 1. The largest absolute Gasteiger partial charge is 0.350 e. The summed E-state index contributed by atoms with van der Waals surface area (Å²) >= 11 is 0. The highest BCUT2D eigenvalue weighted by molar-refractivity contribution is 7.92. The molecule has 25 heavy (non-hydrogen) atoms. The second-order valence-electron chi connectivity index (χ2n) is 6.53. The van der Waals surface area contributed by atoms with E-state index in [0.29, 0.717) is 24.3 Å². The Morgan fingerprint density at radius 3 is 2.52 bits per heavy atom. The summed E-state index contributed by atoms with van der Waals surface area (Å²) in [5.41, 5.74) is 7.93. The van der Waals surface area contributed by atoms with Crippen molar-refractivity contribution in [1.82, 2.24) is 5.32 Å². The van der Waals surface area contributed by atoms with Crippen molar-refractivity contribution >= 4 is 34.0 Å². The minimum absolute atomic E-state index is 0. The molecule has 0 radical (unpaired) electrons. The summed E-state index contributed by atoms with van der Waals surface area (Å²) < 4.78 is 25.2. The topological polar surface area (TPSA) is 92.5 Å². The van der Waals surface area contributed by atoms with E-state index in [1.165, 1.54) is 10.6 Å². The molecule has 1 aliphatic heterocycles. The van der Waals surface area contributed by atoms with Crippen LogP contribution in [0.4, 0.5) is 5.69 Å². The molecule has 0 unspecified atom stereocenters. The molecule has 1 amide bonds. The van der Waals surface area contributed by atoms with Crippen LogP contribution in [0.5, 0.6) is 0 Å². The van der Waals surface area contributed by atoms with Gasteiger partial charge in [-0.2, -0.15) is 0 Å². The summed E-state index contributed by atoms with van der Waals surface area (Å²) in [6.45, 7) is 4.92. The van der Waals surface area contributed by atoms with Crippen LogP contribution in [0, 0.1) is 0 Å². The molecular weight excluding hydrogens is 362 g/mol. The van der Waals surface area contributed by atoms with Crippen molar-refractivity contribution in [2.75, 3.05) is 23.7 Å². The van der Waals surface area contributed by atoms with Crippen LogP contribution in [-0.4, -0.2) is 39.2 Å². The molecule has 8 heteroatoms. The van der Waals surface area contributed by atoms with E-state index < -0.39 is 15.6 Å². The molecule has 0 bridgehead atoms. The van der Waals surface area contributed by atoms with E-state index in [1.54, 1.807) is 18.2 Å². The monoisotopic (exact) mass is 389 g/mol. The van der Waals surface area contributed by atoms with E-state index in [4.69, 9.17) is 5.73 Å². The van der Waals surface area contributed by atoms with Gasteiger partial charge in [0.15, 0.2) is 0 Å². The lowest BCUT2D eigenvalue weighted by atomic mass is 9.94. The molecule has 1 heterocycles. The molecule has 1 aromatic carbocycles. The van der Waals surface area contributed by atoms with Crippen LogP contribution in [0.25, 0.3) is 0 Å². The van der Waals surface area contributed by atoms with Crippen LogP contribution in [0.3, 0.4) is 0 Å². The number of hydrogen-bond acceptors (Lipinski definition) is 4. The first kappa shape index (κ1) is 21.7.